The molecule has 1 amide bonds. The summed E-state index contributed by atoms with van der Waals surface area (Å²) >= 11 is 0. The Hall–Kier alpha value is -2.57. The maximum absolute atomic E-state index is 12.1. The highest BCUT2D eigenvalue weighted by Crippen LogP contribution is 2.20. The van der Waals surface area contributed by atoms with E-state index in [0.717, 1.165) is 0 Å². The number of carbonyl (C=O) groups is 1. The highest BCUT2D eigenvalue weighted by Gasteiger charge is 2.13. The van der Waals surface area contributed by atoms with Gasteiger partial charge in [-0.1, -0.05) is 5.16 Å². The fraction of sp³-hybridized carbons (Fsp3) is 0.308. The molecule has 1 aromatic heterocycles. The van der Waals surface area contributed by atoms with Gasteiger partial charge in [-0.2, -0.15) is 4.98 Å². The van der Waals surface area contributed by atoms with Gasteiger partial charge in [0.2, 0.25) is 5.89 Å². The molecule has 0 fully saturated rings. The van der Waals surface area contributed by atoms with Gasteiger partial charge >= 0.3 is 0 Å². The van der Waals surface area contributed by atoms with Crippen LogP contribution in [0.4, 0.5) is 11.4 Å². The molecule has 0 aliphatic heterocycles. The van der Waals surface area contributed by atoms with Crippen LogP contribution in [-0.2, 0) is 6.42 Å². The third-order valence-electron chi connectivity index (χ3n) is 2.74. The predicted octanol–water partition coefficient (Wildman–Crippen LogP) is 1.01. The first kappa shape index (κ1) is 13.9. The Balaban J connectivity index is 2.09. The van der Waals surface area contributed by atoms with Crippen molar-refractivity contribution in [1.82, 2.24) is 15.0 Å². The van der Waals surface area contributed by atoms with Gasteiger partial charge in [-0.3, -0.25) is 4.79 Å². The lowest BCUT2D eigenvalue weighted by molar-refractivity contribution is 0.0828. The maximum Gasteiger partial charge on any atom is 0.255 e. The summed E-state index contributed by atoms with van der Waals surface area (Å²) in [6.07, 6.45) is 1.93. The number of hydrogen-bond donors (Lipinski definition) is 2. The van der Waals surface area contributed by atoms with E-state index in [1.165, 1.54) is 11.2 Å². The van der Waals surface area contributed by atoms with Crippen LogP contribution < -0.4 is 11.1 Å². The summed E-state index contributed by atoms with van der Waals surface area (Å²) in [5, 5.41) is 6.71. The smallest absolute Gasteiger partial charge is 0.255 e. The molecule has 7 heteroatoms. The number of benzene rings is 1. The van der Waals surface area contributed by atoms with E-state index in [9.17, 15) is 4.79 Å². The second-order valence-corrected chi connectivity index (χ2v) is 4.52. The van der Waals surface area contributed by atoms with E-state index in [1.807, 2.05) is 0 Å². The van der Waals surface area contributed by atoms with Crippen LogP contribution >= 0.6 is 0 Å². The largest absolute Gasteiger partial charge is 0.399 e. The van der Waals surface area contributed by atoms with Crippen molar-refractivity contribution in [3.8, 4) is 0 Å². The Bertz CT molecular complexity index is 580. The lowest BCUT2D eigenvalue weighted by Gasteiger charge is -2.15. The van der Waals surface area contributed by atoms with Gasteiger partial charge in [-0.25, -0.2) is 0 Å². The number of anilines is 2. The third-order valence-corrected chi connectivity index (χ3v) is 2.74. The minimum absolute atomic E-state index is 0.0784. The average molecular weight is 275 g/mol. The molecule has 0 saturated carbocycles. The monoisotopic (exact) mass is 275 g/mol. The van der Waals surface area contributed by atoms with Gasteiger partial charge < -0.3 is 20.5 Å². The molecule has 0 atom stereocenters. The van der Waals surface area contributed by atoms with Gasteiger partial charge in [-0.05, 0) is 18.2 Å². The van der Waals surface area contributed by atoms with Gasteiger partial charge in [-0.15, -0.1) is 0 Å². The molecule has 0 radical (unpaired) electrons. The number of nitrogen functional groups attached to an aromatic ring is 1. The molecule has 0 saturated heterocycles. The molecule has 2 rings (SSSR count). The molecular weight excluding hydrogens is 258 g/mol. The number of aromatic nitrogens is 2. The van der Waals surface area contributed by atoms with Crippen molar-refractivity contribution in [3.63, 3.8) is 0 Å². The third kappa shape index (κ3) is 3.25. The molecule has 0 aliphatic carbocycles. The lowest BCUT2D eigenvalue weighted by Crippen LogP contribution is -2.23. The number of hydrogen-bond acceptors (Lipinski definition) is 6. The normalized spacial score (nSPS) is 10.3. The minimum atomic E-state index is -0.0784. The second kappa shape index (κ2) is 6.05. The summed E-state index contributed by atoms with van der Waals surface area (Å²) in [6.45, 7) is 0.569. The molecular formula is C13H17N5O2. The van der Waals surface area contributed by atoms with E-state index in [4.69, 9.17) is 10.3 Å². The minimum Gasteiger partial charge on any atom is -0.399 e. The van der Waals surface area contributed by atoms with Crippen molar-refractivity contribution >= 4 is 17.3 Å². The quantitative estimate of drug-likeness (QED) is 0.790. The standard InChI is InChI=1S/C13H17N5O2/c1-18(2)13(19)10-4-3-9(14)7-11(10)15-6-5-12-16-8-17-20-12/h3-4,7-8,15H,5-6,14H2,1-2H3. The summed E-state index contributed by atoms with van der Waals surface area (Å²) in [5.74, 6) is 0.465. The molecule has 0 aliphatic rings. The van der Waals surface area contributed by atoms with Crippen LogP contribution in [0.15, 0.2) is 29.0 Å². The molecule has 1 aromatic carbocycles. The van der Waals surface area contributed by atoms with Gasteiger partial charge in [0, 0.05) is 38.4 Å². The molecule has 0 spiro atoms. The molecule has 2 aromatic rings. The van der Waals surface area contributed by atoms with E-state index >= 15 is 0 Å². The molecule has 20 heavy (non-hydrogen) atoms. The van der Waals surface area contributed by atoms with E-state index in [2.05, 4.69) is 15.5 Å². The highest BCUT2D eigenvalue weighted by atomic mass is 16.5. The molecule has 3 N–H and O–H groups in total. The van der Waals surface area contributed by atoms with E-state index < -0.39 is 0 Å². The van der Waals surface area contributed by atoms with Crippen molar-refractivity contribution in [2.45, 2.75) is 6.42 Å². The average Bonchev–Trinajstić information content (AvgIpc) is 2.91. The Morgan fingerprint density at radius 1 is 1.45 bits per heavy atom. The van der Waals surface area contributed by atoms with E-state index in [0.29, 0.717) is 35.8 Å². The zero-order valence-corrected chi connectivity index (χ0v) is 11.5. The van der Waals surface area contributed by atoms with Crippen molar-refractivity contribution in [2.75, 3.05) is 31.7 Å². The predicted molar refractivity (Wildman–Crippen MR) is 75.4 cm³/mol. The summed E-state index contributed by atoms with van der Waals surface area (Å²) in [5.41, 5.74) is 7.64. The van der Waals surface area contributed by atoms with E-state index in [1.54, 1.807) is 32.3 Å². The first-order chi connectivity index (χ1) is 9.58. The molecule has 0 unspecified atom stereocenters. The van der Waals surface area contributed by atoms with Crippen molar-refractivity contribution in [2.24, 2.45) is 0 Å². The molecule has 0 bridgehead atoms. The zero-order valence-electron chi connectivity index (χ0n) is 11.5. The second-order valence-electron chi connectivity index (χ2n) is 4.52. The number of rotatable bonds is 5. The van der Waals surface area contributed by atoms with Gasteiger partial charge in [0.25, 0.3) is 5.91 Å². The number of nitrogens with zero attached hydrogens (tertiary/aromatic N) is 3. The van der Waals surface area contributed by atoms with Crippen molar-refractivity contribution < 1.29 is 9.32 Å². The number of carbonyl (C=O) groups excluding carboxylic acids is 1. The fourth-order valence-corrected chi connectivity index (χ4v) is 1.75. The maximum atomic E-state index is 12.1. The summed E-state index contributed by atoms with van der Waals surface area (Å²) in [4.78, 5) is 17.5. The van der Waals surface area contributed by atoms with Gasteiger partial charge in [0.1, 0.15) is 0 Å². The van der Waals surface area contributed by atoms with Crippen LogP contribution in [0.5, 0.6) is 0 Å². The first-order valence-corrected chi connectivity index (χ1v) is 6.18. The zero-order chi connectivity index (χ0) is 14.5. The summed E-state index contributed by atoms with van der Waals surface area (Å²) in [6, 6.07) is 5.16. The highest BCUT2D eigenvalue weighted by molar-refractivity contribution is 5.99. The van der Waals surface area contributed by atoms with Crippen LogP contribution in [0.25, 0.3) is 0 Å². The summed E-state index contributed by atoms with van der Waals surface area (Å²) in [7, 11) is 3.42. The van der Waals surface area contributed by atoms with Crippen LogP contribution in [0.3, 0.4) is 0 Å². The number of amides is 1. The van der Waals surface area contributed by atoms with Crippen LogP contribution in [0.2, 0.25) is 0 Å². The fourth-order valence-electron chi connectivity index (χ4n) is 1.75. The Labute approximate surface area is 116 Å². The topological polar surface area (TPSA) is 97.3 Å². The van der Waals surface area contributed by atoms with Crippen molar-refractivity contribution in [3.05, 3.63) is 36.0 Å². The number of nitrogens with one attached hydrogen (secondary N) is 1. The molecule has 7 nitrogen and oxygen atoms in total. The van der Waals surface area contributed by atoms with Crippen LogP contribution in [0, 0.1) is 0 Å². The van der Waals surface area contributed by atoms with Crippen LogP contribution in [-0.4, -0.2) is 41.6 Å². The Morgan fingerprint density at radius 3 is 2.90 bits per heavy atom. The SMILES string of the molecule is CN(C)C(=O)c1ccc(N)cc1NCCc1ncno1. The molecule has 106 valence electrons. The number of nitrogens with two attached hydrogens (primary N) is 1. The van der Waals surface area contributed by atoms with E-state index in [-0.39, 0.29) is 5.91 Å². The van der Waals surface area contributed by atoms with Crippen molar-refractivity contribution in [1.29, 1.82) is 0 Å². The Morgan fingerprint density at radius 2 is 2.25 bits per heavy atom. The van der Waals surface area contributed by atoms with Crippen LogP contribution in [0.1, 0.15) is 16.2 Å². The molecule has 1 heterocycles. The summed E-state index contributed by atoms with van der Waals surface area (Å²) < 4.78 is 4.91. The van der Waals surface area contributed by atoms with Gasteiger partial charge in [0.05, 0.1) is 5.56 Å². The Kier molecular flexibility index (Phi) is 4.19. The van der Waals surface area contributed by atoms with Gasteiger partial charge in [0.15, 0.2) is 6.33 Å². The first-order valence-electron chi connectivity index (χ1n) is 6.18. The lowest BCUT2D eigenvalue weighted by atomic mass is 10.1.